The molecule has 0 radical (unpaired) electrons. The molecule has 23 heavy (non-hydrogen) atoms. The normalized spacial score (nSPS) is 30.3. The van der Waals surface area contributed by atoms with Crippen molar-refractivity contribution in [1.29, 1.82) is 0 Å². The molecule has 0 spiro atoms. The van der Waals surface area contributed by atoms with Crippen LogP contribution in [0.25, 0.3) is 0 Å². The third-order valence-electron chi connectivity index (χ3n) is 4.38. The van der Waals surface area contributed by atoms with Gasteiger partial charge in [0.25, 0.3) is 0 Å². The average molecular weight is 379 g/mol. The largest absolute Gasteiger partial charge is 0.325 e. The van der Waals surface area contributed by atoms with Crippen LogP contribution in [0.15, 0.2) is 33.8 Å². The van der Waals surface area contributed by atoms with Crippen LogP contribution in [-0.2, 0) is 4.79 Å². The van der Waals surface area contributed by atoms with Crippen LogP contribution in [0.5, 0.6) is 0 Å². The minimum absolute atomic E-state index is 0.275. The predicted molar refractivity (Wildman–Crippen MR) is 86.3 cm³/mol. The van der Waals surface area contributed by atoms with Crippen LogP contribution in [0.1, 0.15) is 5.56 Å². The Morgan fingerprint density at radius 1 is 1.26 bits per heavy atom. The number of nitrogens with one attached hydrogen (secondary N) is 3. The molecule has 2 saturated heterocycles. The van der Waals surface area contributed by atoms with Crippen LogP contribution >= 0.6 is 15.9 Å². The summed E-state index contributed by atoms with van der Waals surface area (Å²) in [5, 5.41) is 10.0. The van der Waals surface area contributed by atoms with Gasteiger partial charge in [-0.3, -0.25) is 20.9 Å². The second-order valence-corrected chi connectivity index (χ2v) is 6.65. The van der Waals surface area contributed by atoms with E-state index in [9.17, 15) is 9.59 Å². The minimum atomic E-state index is -0.448. The monoisotopic (exact) mass is 378 g/mol. The van der Waals surface area contributed by atoms with E-state index in [2.05, 4.69) is 37.1 Å². The maximum Gasteiger partial charge on any atom is 0.325 e. The number of amides is 3. The maximum atomic E-state index is 12.3. The highest BCUT2D eigenvalue weighted by molar-refractivity contribution is 9.10. The molecule has 1 aromatic carbocycles. The summed E-state index contributed by atoms with van der Waals surface area (Å²) in [6.07, 6.45) is -0.642. The van der Waals surface area contributed by atoms with Crippen LogP contribution < -0.4 is 16.1 Å². The standard InChI is InChI=1S/C14H15BrN6O2/c1-20-11-10(12(22)17-14(20)23)21-6-9(18-19-13(21)16-11)7-2-4-8(15)5-3-7/h2-5,10-11,13,16,19H,6H2,1H3,(H,17,22,23). The number of hydrogen-bond acceptors (Lipinski definition) is 6. The lowest BCUT2D eigenvalue weighted by Gasteiger charge is -2.36. The van der Waals surface area contributed by atoms with Gasteiger partial charge in [0.05, 0.1) is 5.71 Å². The third-order valence-corrected chi connectivity index (χ3v) is 4.91. The summed E-state index contributed by atoms with van der Waals surface area (Å²) < 4.78 is 0.998. The van der Waals surface area contributed by atoms with E-state index in [0.717, 1.165) is 15.7 Å². The van der Waals surface area contributed by atoms with E-state index < -0.39 is 12.1 Å². The molecule has 3 amide bonds. The number of benzene rings is 1. The fraction of sp³-hybridized carbons (Fsp3) is 0.357. The van der Waals surface area contributed by atoms with Gasteiger partial charge in [-0.1, -0.05) is 28.1 Å². The second kappa shape index (κ2) is 5.29. The number of fused-ring (bicyclic) bond motifs is 3. The summed E-state index contributed by atoms with van der Waals surface area (Å²) in [6.45, 7) is 0.517. The molecule has 2 fully saturated rings. The van der Waals surface area contributed by atoms with Crippen molar-refractivity contribution in [2.24, 2.45) is 5.10 Å². The number of hydrazone groups is 1. The molecule has 120 valence electrons. The molecule has 0 aromatic heterocycles. The van der Waals surface area contributed by atoms with Gasteiger partial charge in [0.15, 0.2) is 6.29 Å². The number of carbonyl (C=O) groups is 2. The van der Waals surface area contributed by atoms with Crippen molar-refractivity contribution in [3.63, 3.8) is 0 Å². The van der Waals surface area contributed by atoms with E-state index in [1.165, 1.54) is 4.90 Å². The van der Waals surface area contributed by atoms with Crippen molar-refractivity contribution in [2.45, 2.75) is 18.5 Å². The van der Waals surface area contributed by atoms with Crippen molar-refractivity contribution in [3.8, 4) is 0 Å². The molecule has 3 heterocycles. The lowest BCUT2D eigenvalue weighted by Crippen LogP contribution is -2.65. The first kappa shape index (κ1) is 14.6. The number of nitrogens with zero attached hydrogens (tertiary/aromatic N) is 3. The van der Waals surface area contributed by atoms with Gasteiger partial charge >= 0.3 is 6.03 Å². The molecule has 0 bridgehead atoms. The fourth-order valence-corrected chi connectivity index (χ4v) is 3.41. The van der Waals surface area contributed by atoms with Crippen LogP contribution in [0.4, 0.5) is 4.79 Å². The molecule has 3 atom stereocenters. The van der Waals surface area contributed by atoms with Gasteiger partial charge in [-0.25, -0.2) is 9.69 Å². The Balaban J connectivity index is 1.61. The maximum absolute atomic E-state index is 12.3. The van der Waals surface area contributed by atoms with Crippen molar-refractivity contribution >= 4 is 33.6 Å². The Kier molecular flexibility index (Phi) is 3.36. The lowest BCUT2D eigenvalue weighted by molar-refractivity contribution is -0.127. The van der Waals surface area contributed by atoms with E-state index in [0.29, 0.717) is 6.54 Å². The molecule has 3 N–H and O–H groups in total. The van der Waals surface area contributed by atoms with Gasteiger partial charge in [-0.05, 0) is 17.7 Å². The zero-order valence-electron chi connectivity index (χ0n) is 12.3. The highest BCUT2D eigenvalue weighted by Gasteiger charge is 2.52. The first-order valence-electron chi connectivity index (χ1n) is 7.22. The van der Waals surface area contributed by atoms with Crippen molar-refractivity contribution in [1.82, 2.24) is 25.9 Å². The number of hydrogen-bond donors (Lipinski definition) is 3. The average Bonchev–Trinajstić information content (AvgIpc) is 2.92. The SMILES string of the molecule is CN1C(=O)NC(=O)C2C1NC1NN=C(c3ccc(Br)cc3)CN12. The Morgan fingerprint density at radius 2 is 2.00 bits per heavy atom. The van der Waals surface area contributed by atoms with Gasteiger partial charge in [-0.2, -0.15) is 5.10 Å². The summed E-state index contributed by atoms with van der Waals surface area (Å²) in [6, 6.07) is 7.02. The topological polar surface area (TPSA) is 89.1 Å². The van der Waals surface area contributed by atoms with Crippen LogP contribution in [0.2, 0.25) is 0 Å². The summed E-state index contributed by atoms with van der Waals surface area (Å²) in [5.41, 5.74) is 4.87. The molecule has 3 unspecified atom stereocenters. The molecule has 3 aliphatic rings. The number of halogens is 1. The molecule has 4 rings (SSSR count). The summed E-state index contributed by atoms with van der Waals surface area (Å²) >= 11 is 3.41. The van der Waals surface area contributed by atoms with E-state index >= 15 is 0 Å². The first-order chi connectivity index (χ1) is 11.0. The number of urea groups is 1. The van der Waals surface area contributed by atoms with Crippen molar-refractivity contribution < 1.29 is 9.59 Å². The van der Waals surface area contributed by atoms with Gasteiger partial charge in [0, 0.05) is 18.1 Å². The Labute approximate surface area is 141 Å². The summed E-state index contributed by atoms with van der Waals surface area (Å²) in [4.78, 5) is 27.5. The van der Waals surface area contributed by atoms with Gasteiger partial charge in [0.1, 0.15) is 12.2 Å². The van der Waals surface area contributed by atoms with Crippen LogP contribution in [0.3, 0.4) is 0 Å². The Hall–Kier alpha value is -1.97. The van der Waals surface area contributed by atoms with Gasteiger partial charge in [0.2, 0.25) is 5.91 Å². The van der Waals surface area contributed by atoms with E-state index in [1.54, 1.807) is 7.05 Å². The van der Waals surface area contributed by atoms with E-state index in [4.69, 9.17) is 0 Å². The fourth-order valence-electron chi connectivity index (χ4n) is 3.15. The van der Waals surface area contributed by atoms with Crippen molar-refractivity contribution in [2.75, 3.05) is 13.6 Å². The van der Waals surface area contributed by atoms with Crippen LogP contribution in [0, 0.1) is 0 Å². The predicted octanol–water partition coefficient (Wildman–Crippen LogP) is -0.178. The molecule has 0 saturated carbocycles. The lowest BCUT2D eigenvalue weighted by atomic mass is 10.1. The Morgan fingerprint density at radius 3 is 2.74 bits per heavy atom. The number of rotatable bonds is 1. The second-order valence-electron chi connectivity index (χ2n) is 5.73. The highest BCUT2D eigenvalue weighted by Crippen LogP contribution is 2.24. The molecule has 3 aliphatic heterocycles. The van der Waals surface area contributed by atoms with Crippen LogP contribution in [-0.4, -0.2) is 59.5 Å². The van der Waals surface area contributed by atoms with E-state index in [-0.39, 0.29) is 18.4 Å². The Bertz CT molecular complexity index is 706. The molecule has 0 aliphatic carbocycles. The summed E-state index contributed by atoms with van der Waals surface area (Å²) in [7, 11) is 1.67. The molecule has 8 nitrogen and oxygen atoms in total. The first-order valence-corrected chi connectivity index (χ1v) is 8.01. The molecule has 1 aromatic rings. The molecular weight excluding hydrogens is 364 g/mol. The zero-order valence-corrected chi connectivity index (χ0v) is 13.9. The van der Waals surface area contributed by atoms with Crippen molar-refractivity contribution in [3.05, 3.63) is 34.3 Å². The number of carbonyl (C=O) groups excluding carboxylic acids is 2. The highest BCUT2D eigenvalue weighted by atomic mass is 79.9. The number of imide groups is 1. The third kappa shape index (κ3) is 2.32. The summed E-state index contributed by atoms with van der Waals surface area (Å²) in [5.74, 6) is -0.285. The molecular formula is C14H15BrN6O2. The molecule has 9 heteroatoms. The minimum Gasteiger partial charge on any atom is -0.310 e. The quantitative estimate of drug-likeness (QED) is 0.630. The van der Waals surface area contributed by atoms with Gasteiger partial charge in [-0.15, -0.1) is 0 Å². The van der Waals surface area contributed by atoms with Gasteiger partial charge < -0.3 is 4.90 Å². The van der Waals surface area contributed by atoms with E-state index in [1.807, 2.05) is 29.2 Å². The number of likely N-dealkylation sites (N-methyl/N-ethyl adjacent to an activating group) is 1. The zero-order chi connectivity index (χ0) is 16.1. The smallest absolute Gasteiger partial charge is 0.310 e.